The summed E-state index contributed by atoms with van der Waals surface area (Å²) in [4.78, 5) is 12.0. The lowest BCUT2D eigenvalue weighted by Crippen LogP contribution is -2.60. The van der Waals surface area contributed by atoms with Gasteiger partial charge in [-0.05, 0) is 97.4 Å². The van der Waals surface area contributed by atoms with Gasteiger partial charge in [-0.1, -0.05) is 6.58 Å². The van der Waals surface area contributed by atoms with Crippen molar-refractivity contribution in [2.75, 3.05) is 0 Å². The summed E-state index contributed by atoms with van der Waals surface area (Å²) < 4.78 is 25.8. The summed E-state index contributed by atoms with van der Waals surface area (Å²) >= 11 is 0. The molecular formula is C21H46O6Si4. The lowest BCUT2D eigenvalue weighted by Gasteiger charge is -2.44. The molecule has 1 N–H and O–H groups in total. The van der Waals surface area contributed by atoms with E-state index >= 15 is 0 Å². The number of hydrogen-bond donors (Lipinski definition) is 1. The van der Waals surface area contributed by atoms with Crippen molar-refractivity contribution in [1.82, 2.24) is 0 Å². The zero-order chi connectivity index (χ0) is 24.3. The Labute approximate surface area is 194 Å². The molecule has 0 amide bonds. The maximum absolute atomic E-state index is 12.0. The molecule has 1 aliphatic rings. The van der Waals surface area contributed by atoms with E-state index < -0.39 is 51.9 Å². The van der Waals surface area contributed by atoms with E-state index in [9.17, 15) is 9.90 Å². The zero-order valence-corrected chi connectivity index (χ0v) is 25.5. The summed E-state index contributed by atoms with van der Waals surface area (Å²) in [5.74, 6) is -0.399. The predicted octanol–water partition coefficient (Wildman–Crippen LogP) is 5.52. The van der Waals surface area contributed by atoms with Crippen LogP contribution >= 0.6 is 0 Å². The Morgan fingerprint density at radius 2 is 1.35 bits per heavy atom. The molecule has 0 aromatic carbocycles. The van der Waals surface area contributed by atoms with E-state index in [0.717, 1.165) is 19.3 Å². The quantitative estimate of drug-likeness (QED) is 0.226. The molecule has 0 bridgehead atoms. The fraction of sp³-hybridized carbons (Fsp3) is 0.857. The molecule has 0 aromatic rings. The molecule has 3 atom stereocenters. The molecule has 10 heteroatoms. The van der Waals surface area contributed by atoms with Crippen LogP contribution in [0.3, 0.4) is 0 Å². The van der Waals surface area contributed by atoms with Crippen LogP contribution in [-0.4, -0.2) is 57.0 Å². The van der Waals surface area contributed by atoms with Gasteiger partial charge in [-0.25, -0.2) is 4.79 Å². The molecule has 0 aliphatic heterocycles. The van der Waals surface area contributed by atoms with E-state index in [1.54, 1.807) is 6.92 Å². The molecule has 6 nitrogen and oxygen atoms in total. The van der Waals surface area contributed by atoms with E-state index in [2.05, 4.69) is 65.5 Å². The lowest BCUT2D eigenvalue weighted by molar-refractivity contribution is -0.156. The van der Waals surface area contributed by atoms with Crippen LogP contribution in [0.4, 0.5) is 0 Å². The van der Waals surface area contributed by atoms with Gasteiger partial charge < -0.3 is 22.2 Å². The van der Waals surface area contributed by atoms with Crippen molar-refractivity contribution >= 4 is 39.7 Å². The van der Waals surface area contributed by atoms with Crippen LogP contribution in [0.2, 0.25) is 65.0 Å². The van der Waals surface area contributed by atoms with Crippen molar-refractivity contribution in [2.45, 2.75) is 110 Å². The largest absolute Gasteiger partial charge is 0.469 e. The van der Waals surface area contributed by atoms with E-state index in [0.29, 0.717) is 18.0 Å². The Kier molecular flexibility index (Phi) is 10.2. The second-order valence-corrected chi connectivity index (χ2v) is 28.8. The minimum Gasteiger partial charge on any atom is -0.456 e. The lowest BCUT2D eigenvalue weighted by atomic mass is 9.83. The maximum atomic E-state index is 12.0. The van der Waals surface area contributed by atoms with Crippen molar-refractivity contribution in [3.8, 4) is 0 Å². The Morgan fingerprint density at radius 3 is 1.74 bits per heavy atom. The van der Waals surface area contributed by atoms with Gasteiger partial charge in [-0.2, -0.15) is 0 Å². The molecule has 0 aromatic heterocycles. The Hall–Kier alpha value is -0.0825. The number of esters is 1. The van der Waals surface area contributed by atoms with Gasteiger partial charge in [-0.15, -0.1) is 0 Å². The summed E-state index contributed by atoms with van der Waals surface area (Å²) in [6.45, 7) is 24.9. The van der Waals surface area contributed by atoms with Gasteiger partial charge in [0.1, 0.15) is 6.10 Å². The highest BCUT2D eigenvalue weighted by Gasteiger charge is 2.50. The van der Waals surface area contributed by atoms with Crippen molar-refractivity contribution in [3.63, 3.8) is 0 Å². The monoisotopic (exact) mass is 506 g/mol. The van der Waals surface area contributed by atoms with Crippen molar-refractivity contribution in [1.29, 1.82) is 0 Å². The number of carbonyl (C=O) groups is 1. The van der Waals surface area contributed by atoms with E-state index in [4.69, 9.17) is 17.1 Å². The highest BCUT2D eigenvalue weighted by molar-refractivity contribution is 6.90. The Bertz CT molecular complexity index is 580. The first-order valence-electron chi connectivity index (χ1n) is 11.5. The molecule has 182 valence electrons. The molecule has 0 saturated heterocycles. The molecule has 1 fully saturated rings. The van der Waals surface area contributed by atoms with E-state index in [1.807, 2.05) is 0 Å². The third-order valence-electron chi connectivity index (χ3n) is 4.74. The van der Waals surface area contributed by atoms with Crippen LogP contribution in [0, 0.1) is 5.92 Å². The molecule has 1 aliphatic carbocycles. The zero-order valence-electron chi connectivity index (χ0n) is 21.5. The highest BCUT2D eigenvalue weighted by atomic mass is 28.5. The van der Waals surface area contributed by atoms with E-state index in [-0.39, 0.29) is 5.92 Å². The van der Waals surface area contributed by atoms with Gasteiger partial charge in [0.25, 0.3) is 0 Å². The first-order valence-corrected chi connectivity index (χ1v) is 23.6. The minimum absolute atomic E-state index is 0.0317. The van der Waals surface area contributed by atoms with Crippen LogP contribution in [0.5, 0.6) is 0 Å². The SMILES string of the molecule is C=C(C)C(=O)OC1CCCC(CC[Si](O[Si](C)(C)C)(O[Si](C)(C)C)O[Si](C)(C)C)C1O. The molecule has 31 heavy (non-hydrogen) atoms. The fourth-order valence-corrected chi connectivity index (χ4v) is 18.7. The van der Waals surface area contributed by atoms with Crippen molar-refractivity contribution < 1.29 is 27.0 Å². The van der Waals surface area contributed by atoms with Crippen LogP contribution in [0.25, 0.3) is 0 Å². The third-order valence-corrected chi connectivity index (χ3v) is 16.7. The first-order chi connectivity index (χ1) is 13.8. The standard InChI is InChI=1S/C21H46O6Si4/c1-17(2)21(23)24-19-14-12-13-18(20(19)22)15-16-31(25-28(3,4)5,26-29(6,7)8)27-30(9,10)11/h18-20,22H,1,12-16H2,2-11H3. The molecule has 3 unspecified atom stereocenters. The average Bonchev–Trinajstić information content (AvgIpc) is 2.50. The molecule has 0 radical (unpaired) electrons. The Morgan fingerprint density at radius 1 is 0.903 bits per heavy atom. The molecule has 1 saturated carbocycles. The van der Waals surface area contributed by atoms with Gasteiger partial charge in [0.2, 0.25) is 0 Å². The smallest absolute Gasteiger partial charge is 0.456 e. The summed E-state index contributed by atoms with van der Waals surface area (Å²) in [6.07, 6.45) is 2.08. The van der Waals surface area contributed by atoms with Crippen molar-refractivity contribution in [2.24, 2.45) is 5.92 Å². The number of carbonyl (C=O) groups excluding carboxylic acids is 1. The van der Waals surface area contributed by atoms with Crippen LogP contribution in [0.1, 0.15) is 32.6 Å². The third kappa shape index (κ3) is 11.1. The number of aliphatic hydroxyl groups is 1. The summed E-state index contributed by atoms with van der Waals surface area (Å²) in [5, 5.41) is 11.0. The van der Waals surface area contributed by atoms with Gasteiger partial charge in [0.05, 0.1) is 6.10 Å². The number of aliphatic hydroxyl groups excluding tert-OH is 1. The van der Waals surface area contributed by atoms with E-state index in [1.165, 1.54) is 0 Å². The molecule has 0 spiro atoms. The molecule has 1 rings (SSSR count). The fourth-order valence-electron chi connectivity index (χ4n) is 3.89. The molecule has 0 heterocycles. The van der Waals surface area contributed by atoms with Gasteiger partial charge in [0.15, 0.2) is 25.0 Å². The van der Waals surface area contributed by atoms with Crippen LogP contribution in [0.15, 0.2) is 12.2 Å². The predicted molar refractivity (Wildman–Crippen MR) is 137 cm³/mol. The second kappa shape index (κ2) is 10.9. The number of rotatable bonds is 11. The maximum Gasteiger partial charge on any atom is 0.469 e. The highest BCUT2D eigenvalue weighted by Crippen LogP contribution is 2.36. The summed E-state index contributed by atoms with van der Waals surface area (Å²) in [7, 11) is -8.72. The summed E-state index contributed by atoms with van der Waals surface area (Å²) in [5.41, 5.74) is 0.358. The first kappa shape index (κ1) is 28.9. The summed E-state index contributed by atoms with van der Waals surface area (Å²) in [6, 6.07) is 0.689. The van der Waals surface area contributed by atoms with Gasteiger partial charge in [-0.3, -0.25) is 0 Å². The van der Waals surface area contributed by atoms with Gasteiger partial charge >= 0.3 is 14.8 Å². The Balaban J connectivity index is 3.07. The van der Waals surface area contributed by atoms with Gasteiger partial charge in [0, 0.05) is 11.6 Å². The normalized spacial score (nSPS) is 23.5. The number of ether oxygens (including phenoxy) is 1. The minimum atomic E-state index is -2.94. The van der Waals surface area contributed by atoms with Crippen LogP contribution in [-0.2, 0) is 21.9 Å². The average molecular weight is 507 g/mol. The topological polar surface area (TPSA) is 74.2 Å². The van der Waals surface area contributed by atoms with Crippen molar-refractivity contribution in [3.05, 3.63) is 12.2 Å². The second-order valence-electron chi connectivity index (χ2n) is 11.8. The number of hydrogen-bond acceptors (Lipinski definition) is 6. The van der Waals surface area contributed by atoms with Crippen LogP contribution < -0.4 is 0 Å². The molecular weight excluding hydrogens is 461 g/mol.